The lowest BCUT2D eigenvalue weighted by atomic mass is 10.2. The molecule has 0 bridgehead atoms. The number of aliphatic imine (C=N–C) groups is 1. The second kappa shape index (κ2) is 12.4. The summed E-state index contributed by atoms with van der Waals surface area (Å²) in [4.78, 5) is 16.1. The molecule has 7 heteroatoms. The van der Waals surface area contributed by atoms with Gasteiger partial charge in [0.1, 0.15) is 0 Å². The highest BCUT2D eigenvalue weighted by Gasteiger charge is 2.07. The molecule has 0 radical (unpaired) electrons. The molecular weight excluding hydrogens is 427 g/mol. The normalized spacial score (nSPS) is 10.7. The first-order valence-electron chi connectivity index (χ1n) is 7.58. The summed E-state index contributed by atoms with van der Waals surface area (Å²) in [6, 6.07) is 5.47. The first-order chi connectivity index (χ1) is 10.6. The van der Waals surface area contributed by atoms with E-state index in [0.717, 1.165) is 36.6 Å². The molecule has 5 nitrogen and oxygen atoms in total. The molecule has 0 unspecified atom stereocenters. The Kier molecular flexibility index (Phi) is 11.9. The largest absolute Gasteiger partial charge is 0.356 e. The first kappa shape index (κ1) is 22.0. The van der Waals surface area contributed by atoms with Gasteiger partial charge in [0.25, 0.3) is 0 Å². The number of halogens is 2. The molecule has 0 heterocycles. The Morgan fingerprint density at radius 1 is 1.26 bits per heavy atom. The van der Waals surface area contributed by atoms with Crippen LogP contribution < -0.4 is 16.0 Å². The molecule has 23 heavy (non-hydrogen) atoms. The summed E-state index contributed by atoms with van der Waals surface area (Å²) in [5.74, 6) is 0.669. The van der Waals surface area contributed by atoms with Crippen LogP contribution in [0.4, 0.5) is 5.69 Å². The van der Waals surface area contributed by atoms with Crippen LogP contribution in [0, 0.1) is 6.92 Å². The van der Waals surface area contributed by atoms with Crippen LogP contribution in [0.15, 0.2) is 23.2 Å². The van der Waals surface area contributed by atoms with Gasteiger partial charge in [-0.1, -0.05) is 31.0 Å². The van der Waals surface area contributed by atoms with Crippen molar-refractivity contribution in [2.75, 3.05) is 25.5 Å². The Morgan fingerprint density at radius 2 is 1.96 bits per heavy atom. The summed E-state index contributed by atoms with van der Waals surface area (Å²) in [5.41, 5.74) is 1.63. The lowest BCUT2D eigenvalue weighted by Crippen LogP contribution is -2.39. The summed E-state index contributed by atoms with van der Waals surface area (Å²) in [7, 11) is 1.72. The molecule has 3 N–H and O–H groups in total. The molecule has 0 atom stereocenters. The van der Waals surface area contributed by atoms with Crippen molar-refractivity contribution in [3.05, 3.63) is 28.8 Å². The van der Waals surface area contributed by atoms with Crippen molar-refractivity contribution >= 4 is 53.1 Å². The van der Waals surface area contributed by atoms with Gasteiger partial charge in [0.05, 0.1) is 0 Å². The third kappa shape index (κ3) is 8.41. The van der Waals surface area contributed by atoms with Gasteiger partial charge < -0.3 is 16.0 Å². The Balaban J connectivity index is 0.00000484. The number of carbonyl (C=O) groups excluding carboxylic acids is 1. The number of carbonyl (C=O) groups is 1. The van der Waals surface area contributed by atoms with Crippen molar-refractivity contribution < 1.29 is 4.79 Å². The summed E-state index contributed by atoms with van der Waals surface area (Å²) < 4.78 is 0. The number of hydrogen-bond donors (Lipinski definition) is 3. The molecule has 0 aliphatic carbocycles. The van der Waals surface area contributed by atoms with Gasteiger partial charge in [0, 0.05) is 37.3 Å². The standard InChI is InChI=1S/C16H25ClN4O.HI/c1-4-5-10-19-16(18-3)20-11-9-15(22)21-14-8-6-7-13(17)12(14)2;/h6-8H,4-5,9-11H2,1-3H3,(H,21,22)(H2,18,19,20);1H. The highest BCUT2D eigenvalue weighted by Crippen LogP contribution is 2.22. The lowest BCUT2D eigenvalue weighted by molar-refractivity contribution is -0.116. The van der Waals surface area contributed by atoms with Gasteiger partial charge in [0.15, 0.2) is 5.96 Å². The Morgan fingerprint density at radius 3 is 2.61 bits per heavy atom. The van der Waals surface area contributed by atoms with E-state index in [1.165, 1.54) is 0 Å². The summed E-state index contributed by atoms with van der Waals surface area (Å²) in [6.07, 6.45) is 2.58. The number of hydrogen-bond acceptors (Lipinski definition) is 2. The highest BCUT2D eigenvalue weighted by atomic mass is 127. The number of benzene rings is 1. The number of anilines is 1. The molecule has 0 spiro atoms. The summed E-state index contributed by atoms with van der Waals surface area (Å²) >= 11 is 6.03. The molecule has 0 aromatic heterocycles. The maximum absolute atomic E-state index is 12.0. The van der Waals surface area contributed by atoms with E-state index in [1.54, 1.807) is 13.1 Å². The Labute approximate surface area is 160 Å². The predicted octanol–water partition coefficient (Wildman–Crippen LogP) is 3.56. The van der Waals surface area contributed by atoms with Crippen LogP contribution >= 0.6 is 35.6 Å². The van der Waals surface area contributed by atoms with E-state index in [1.807, 2.05) is 19.1 Å². The predicted molar refractivity (Wildman–Crippen MR) is 109 cm³/mol. The smallest absolute Gasteiger partial charge is 0.226 e. The molecule has 1 amide bonds. The third-order valence-corrected chi connectivity index (χ3v) is 3.64. The fourth-order valence-corrected chi connectivity index (χ4v) is 2.03. The van der Waals surface area contributed by atoms with Crippen molar-refractivity contribution in [3.8, 4) is 0 Å². The van der Waals surface area contributed by atoms with E-state index >= 15 is 0 Å². The molecule has 1 aromatic carbocycles. The van der Waals surface area contributed by atoms with Crippen molar-refractivity contribution in [1.82, 2.24) is 10.6 Å². The number of amides is 1. The topological polar surface area (TPSA) is 65.5 Å². The molecule has 0 aliphatic rings. The maximum atomic E-state index is 12.0. The number of unbranched alkanes of at least 4 members (excludes halogenated alkanes) is 1. The van der Waals surface area contributed by atoms with E-state index < -0.39 is 0 Å². The minimum absolute atomic E-state index is 0. The van der Waals surface area contributed by atoms with Crippen molar-refractivity contribution in [2.24, 2.45) is 4.99 Å². The van der Waals surface area contributed by atoms with Gasteiger partial charge >= 0.3 is 0 Å². The summed E-state index contributed by atoms with van der Waals surface area (Å²) in [5, 5.41) is 9.84. The fourth-order valence-electron chi connectivity index (χ4n) is 1.85. The zero-order valence-corrected chi connectivity index (χ0v) is 17.0. The molecule has 1 aromatic rings. The number of nitrogens with one attached hydrogen (secondary N) is 3. The zero-order valence-electron chi connectivity index (χ0n) is 13.9. The molecule has 0 aliphatic heterocycles. The van der Waals surface area contributed by atoms with E-state index in [2.05, 4.69) is 27.9 Å². The van der Waals surface area contributed by atoms with Crippen LogP contribution in [0.2, 0.25) is 5.02 Å². The van der Waals surface area contributed by atoms with Crippen LogP contribution in [-0.4, -0.2) is 32.0 Å². The SMILES string of the molecule is CCCCNC(=NC)NCCC(=O)Nc1cccc(Cl)c1C.I. The van der Waals surface area contributed by atoms with Crippen molar-refractivity contribution in [3.63, 3.8) is 0 Å². The summed E-state index contributed by atoms with van der Waals surface area (Å²) in [6.45, 7) is 5.43. The molecule has 0 fully saturated rings. The van der Waals surface area contributed by atoms with Crippen LogP contribution in [0.5, 0.6) is 0 Å². The van der Waals surface area contributed by atoms with Gasteiger partial charge in [-0.25, -0.2) is 0 Å². The Bertz CT molecular complexity index is 523. The molecular formula is C16H26ClIN4O. The minimum atomic E-state index is -0.0538. The highest BCUT2D eigenvalue weighted by molar-refractivity contribution is 14.0. The van der Waals surface area contributed by atoms with E-state index in [9.17, 15) is 4.79 Å². The van der Waals surface area contributed by atoms with Crippen LogP contribution in [0.1, 0.15) is 31.7 Å². The molecule has 0 saturated carbocycles. The second-order valence-corrected chi connectivity index (χ2v) is 5.40. The van der Waals surface area contributed by atoms with E-state index in [0.29, 0.717) is 18.0 Å². The first-order valence-corrected chi connectivity index (χ1v) is 7.95. The van der Waals surface area contributed by atoms with Gasteiger partial charge in [-0.2, -0.15) is 0 Å². The van der Waals surface area contributed by atoms with Crippen LogP contribution in [0.25, 0.3) is 0 Å². The molecule has 1 rings (SSSR count). The monoisotopic (exact) mass is 452 g/mol. The van der Waals surface area contributed by atoms with Crippen molar-refractivity contribution in [2.45, 2.75) is 33.1 Å². The van der Waals surface area contributed by atoms with Gasteiger partial charge in [-0.05, 0) is 31.0 Å². The van der Waals surface area contributed by atoms with Crippen LogP contribution in [0.3, 0.4) is 0 Å². The second-order valence-electron chi connectivity index (χ2n) is 4.99. The van der Waals surface area contributed by atoms with Crippen molar-refractivity contribution in [1.29, 1.82) is 0 Å². The van der Waals surface area contributed by atoms with Gasteiger partial charge in [-0.15, -0.1) is 24.0 Å². The minimum Gasteiger partial charge on any atom is -0.356 e. The van der Waals surface area contributed by atoms with Gasteiger partial charge in [-0.3, -0.25) is 9.79 Å². The van der Waals surface area contributed by atoms with E-state index in [4.69, 9.17) is 11.6 Å². The zero-order chi connectivity index (χ0) is 16.4. The van der Waals surface area contributed by atoms with Gasteiger partial charge in [0.2, 0.25) is 5.91 Å². The molecule has 0 saturated heterocycles. The van der Waals surface area contributed by atoms with E-state index in [-0.39, 0.29) is 29.9 Å². The van der Waals surface area contributed by atoms with Crippen LogP contribution in [-0.2, 0) is 4.79 Å². The molecule has 130 valence electrons. The quantitative estimate of drug-likeness (QED) is 0.256. The third-order valence-electron chi connectivity index (χ3n) is 3.23. The number of nitrogens with zero attached hydrogens (tertiary/aromatic N) is 1. The lowest BCUT2D eigenvalue weighted by Gasteiger charge is -2.12. The number of rotatable bonds is 7. The maximum Gasteiger partial charge on any atom is 0.226 e. The fraction of sp³-hybridized carbons (Fsp3) is 0.500. The Hall–Kier alpha value is -1.02. The number of guanidine groups is 1. The average Bonchev–Trinajstić information content (AvgIpc) is 2.50. The average molecular weight is 453 g/mol.